The Morgan fingerprint density at radius 3 is 2.41 bits per heavy atom. The van der Waals surface area contributed by atoms with E-state index in [9.17, 15) is 4.79 Å². The average molecular weight is 235 g/mol. The van der Waals surface area contributed by atoms with Gasteiger partial charge in [0.25, 0.3) is 5.91 Å². The van der Waals surface area contributed by atoms with Crippen LogP contribution in [0, 0.1) is 20.8 Å². The summed E-state index contributed by atoms with van der Waals surface area (Å²) in [4.78, 5) is 11.6. The highest BCUT2D eigenvalue weighted by molar-refractivity contribution is 5.81. The fourth-order valence-electron chi connectivity index (χ4n) is 1.82. The summed E-state index contributed by atoms with van der Waals surface area (Å²) in [6.45, 7) is 6.21. The van der Waals surface area contributed by atoms with Crippen molar-refractivity contribution in [3.63, 3.8) is 0 Å². The van der Waals surface area contributed by atoms with Crippen molar-refractivity contribution in [3.8, 4) is 0 Å². The van der Waals surface area contributed by atoms with Crippen LogP contribution in [0.3, 0.4) is 0 Å². The Kier molecular flexibility index (Phi) is 4.26. The zero-order valence-electron chi connectivity index (χ0n) is 10.9. The van der Waals surface area contributed by atoms with E-state index in [2.05, 4.69) is 26.8 Å². The van der Waals surface area contributed by atoms with Crippen LogP contribution < -0.4 is 11.6 Å². The maximum absolute atomic E-state index is 11.6. The number of benzene rings is 1. The van der Waals surface area contributed by atoms with Crippen molar-refractivity contribution >= 4 is 5.91 Å². The van der Waals surface area contributed by atoms with E-state index < -0.39 is 6.04 Å². The Morgan fingerprint density at radius 2 is 1.88 bits per heavy atom. The van der Waals surface area contributed by atoms with Gasteiger partial charge in [-0.1, -0.05) is 12.1 Å². The van der Waals surface area contributed by atoms with Crippen LogP contribution in [0.4, 0.5) is 0 Å². The van der Waals surface area contributed by atoms with Crippen molar-refractivity contribution < 1.29 is 4.79 Å². The molecule has 1 unspecified atom stereocenters. The van der Waals surface area contributed by atoms with Crippen molar-refractivity contribution in [3.05, 3.63) is 34.4 Å². The number of hydrogen-bond acceptors (Lipinski definition) is 3. The molecule has 4 nitrogen and oxygen atoms in total. The van der Waals surface area contributed by atoms with E-state index in [4.69, 9.17) is 11.6 Å². The van der Waals surface area contributed by atoms with Crippen molar-refractivity contribution in [1.29, 1.82) is 0 Å². The molecule has 17 heavy (non-hydrogen) atoms. The molecule has 0 saturated carbocycles. The first kappa shape index (κ1) is 13.7. The molecular formula is C13H21N3O. The molecule has 1 aromatic carbocycles. The largest absolute Gasteiger partial charge is 0.320 e. The second-order valence-corrected chi connectivity index (χ2v) is 4.55. The number of hydrogen-bond donors (Lipinski definition) is 2. The molecule has 1 atom stereocenters. The van der Waals surface area contributed by atoms with E-state index in [-0.39, 0.29) is 5.91 Å². The molecule has 0 spiro atoms. The van der Waals surface area contributed by atoms with Gasteiger partial charge in [0.15, 0.2) is 0 Å². The molecule has 94 valence electrons. The van der Waals surface area contributed by atoms with Crippen LogP contribution in [0.5, 0.6) is 0 Å². The molecule has 0 aliphatic carbocycles. The fraction of sp³-hybridized carbons (Fsp3) is 0.462. The molecule has 0 saturated heterocycles. The molecule has 0 radical (unpaired) electrons. The lowest BCUT2D eigenvalue weighted by Crippen LogP contribution is -2.46. The lowest BCUT2D eigenvalue weighted by molar-refractivity contribution is -0.131. The molecule has 0 aromatic heterocycles. The van der Waals surface area contributed by atoms with Gasteiger partial charge in [0.05, 0.1) is 6.04 Å². The van der Waals surface area contributed by atoms with Gasteiger partial charge in [0.1, 0.15) is 0 Å². The molecule has 4 heteroatoms. The first-order valence-corrected chi connectivity index (χ1v) is 5.68. The van der Waals surface area contributed by atoms with Crippen molar-refractivity contribution in [2.75, 3.05) is 7.05 Å². The Balaban J connectivity index is 2.90. The normalized spacial score (nSPS) is 12.4. The lowest BCUT2D eigenvalue weighted by atomic mass is 9.94. The quantitative estimate of drug-likeness (QED) is 0.463. The van der Waals surface area contributed by atoms with Gasteiger partial charge in [-0.25, -0.2) is 5.84 Å². The first-order chi connectivity index (χ1) is 7.84. The van der Waals surface area contributed by atoms with Gasteiger partial charge in [-0.05, 0) is 49.4 Å². The molecule has 1 amide bonds. The van der Waals surface area contributed by atoms with Crippen LogP contribution in [0.2, 0.25) is 0 Å². The molecule has 1 rings (SSSR count). The minimum atomic E-state index is -0.578. The summed E-state index contributed by atoms with van der Waals surface area (Å²) in [6.07, 6.45) is 0.521. The number of hydrazine groups is 1. The van der Waals surface area contributed by atoms with Crippen LogP contribution in [-0.4, -0.2) is 24.0 Å². The van der Waals surface area contributed by atoms with Crippen molar-refractivity contribution in [1.82, 2.24) is 5.01 Å². The van der Waals surface area contributed by atoms with E-state index in [1.165, 1.54) is 23.7 Å². The predicted octanol–water partition coefficient (Wildman–Crippen LogP) is 0.814. The zero-order valence-corrected chi connectivity index (χ0v) is 10.9. The van der Waals surface area contributed by atoms with E-state index >= 15 is 0 Å². The Hall–Kier alpha value is -1.39. The van der Waals surface area contributed by atoms with E-state index in [0.29, 0.717) is 6.42 Å². The number of likely N-dealkylation sites (N-methyl/N-ethyl adjacent to an activating group) is 1. The number of amides is 1. The SMILES string of the molecule is Cc1ccc(CC(N)C(=O)N(C)N)c(C)c1C. The average Bonchev–Trinajstić information content (AvgIpc) is 2.28. The van der Waals surface area contributed by atoms with Crippen LogP contribution >= 0.6 is 0 Å². The number of carbonyl (C=O) groups excluding carboxylic acids is 1. The molecular weight excluding hydrogens is 214 g/mol. The summed E-state index contributed by atoms with van der Waals surface area (Å²) in [6, 6.07) is 3.51. The number of carbonyl (C=O) groups is 1. The van der Waals surface area contributed by atoms with E-state index in [1.807, 2.05) is 6.07 Å². The van der Waals surface area contributed by atoms with Crippen LogP contribution in [0.25, 0.3) is 0 Å². The highest BCUT2D eigenvalue weighted by Crippen LogP contribution is 2.18. The van der Waals surface area contributed by atoms with E-state index in [0.717, 1.165) is 10.6 Å². The molecule has 0 fully saturated rings. The topological polar surface area (TPSA) is 72.4 Å². The van der Waals surface area contributed by atoms with Gasteiger partial charge in [-0.2, -0.15) is 0 Å². The molecule has 0 aliphatic rings. The number of nitrogens with zero attached hydrogens (tertiary/aromatic N) is 1. The fourth-order valence-corrected chi connectivity index (χ4v) is 1.82. The van der Waals surface area contributed by atoms with Crippen LogP contribution in [0.15, 0.2) is 12.1 Å². The highest BCUT2D eigenvalue weighted by Gasteiger charge is 2.17. The lowest BCUT2D eigenvalue weighted by Gasteiger charge is -2.18. The standard InChI is InChI=1S/C13H21N3O/c1-8-5-6-11(10(3)9(8)2)7-12(14)13(17)16(4)15/h5-6,12H,7,14-15H2,1-4H3. The maximum Gasteiger partial charge on any atom is 0.253 e. The third-order valence-corrected chi connectivity index (χ3v) is 3.27. The number of rotatable bonds is 3. The summed E-state index contributed by atoms with van der Waals surface area (Å²) in [5.74, 6) is 5.14. The van der Waals surface area contributed by atoms with Gasteiger partial charge < -0.3 is 5.73 Å². The Bertz CT molecular complexity index is 427. The summed E-state index contributed by atoms with van der Waals surface area (Å²) < 4.78 is 0. The molecule has 0 heterocycles. The van der Waals surface area contributed by atoms with Crippen molar-refractivity contribution in [2.45, 2.75) is 33.2 Å². The Morgan fingerprint density at radius 1 is 1.29 bits per heavy atom. The number of nitrogens with two attached hydrogens (primary N) is 2. The van der Waals surface area contributed by atoms with E-state index in [1.54, 1.807) is 0 Å². The minimum Gasteiger partial charge on any atom is -0.320 e. The van der Waals surface area contributed by atoms with Gasteiger partial charge in [-0.15, -0.1) is 0 Å². The monoisotopic (exact) mass is 235 g/mol. The van der Waals surface area contributed by atoms with Crippen LogP contribution in [0.1, 0.15) is 22.3 Å². The summed E-state index contributed by atoms with van der Waals surface area (Å²) >= 11 is 0. The maximum atomic E-state index is 11.6. The second kappa shape index (κ2) is 5.29. The molecule has 4 N–H and O–H groups in total. The third kappa shape index (κ3) is 3.05. The molecule has 0 aliphatic heterocycles. The summed E-state index contributed by atoms with van der Waals surface area (Å²) in [5.41, 5.74) is 10.6. The first-order valence-electron chi connectivity index (χ1n) is 5.68. The molecule has 1 aromatic rings. The van der Waals surface area contributed by atoms with Crippen molar-refractivity contribution in [2.24, 2.45) is 11.6 Å². The summed E-state index contributed by atoms with van der Waals surface area (Å²) in [5, 5.41) is 1.04. The summed E-state index contributed by atoms with van der Waals surface area (Å²) in [7, 11) is 1.51. The third-order valence-electron chi connectivity index (χ3n) is 3.27. The predicted molar refractivity (Wildman–Crippen MR) is 69.3 cm³/mol. The zero-order chi connectivity index (χ0) is 13.2. The second-order valence-electron chi connectivity index (χ2n) is 4.55. The minimum absolute atomic E-state index is 0.248. The number of aryl methyl sites for hydroxylation is 1. The molecule has 0 bridgehead atoms. The van der Waals surface area contributed by atoms with Gasteiger partial charge >= 0.3 is 0 Å². The van der Waals surface area contributed by atoms with Crippen LogP contribution in [-0.2, 0) is 11.2 Å². The smallest absolute Gasteiger partial charge is 0.253 e. The van der Waals surface area contributed by atoms with Gasteiger partial charge in [0, 0.05) is 7.05 Å². The Labute approximate surface area is 103 Å². The van der Waals surface area contributed by atoms with Gasteiger partial charge in [0.2, 0.25) is 0 Å². The highest BCUT2D eigenvalue weighted by atomic mass is 16.2. The van der Waals surface area contributed by atoms with Gasteiger partial charge in [-0.3, -0.25) is 9.80 Å².